The fourth-order valence-electron chi connectivity index (χ4n) is 3.19. The molecule has 1 heterocycles. The second-order valence-electron chi connectivity index (χ2n) is 6.44. The number of nitrogens with zero attached hydrogens (tertiary/aromatic N) is 2. The smallest absolute Gasteiger partial charge is 0.164 e. The molecule has 5 heteroatoms. The number of Topliss-reactive ketones (excluding diaryl/α,β-unsaturated/α-hetero) is 1. The summed E-state index contributed by atoms with van der Waals surface area (Å²) in [7, 11) is 0. The third-order valence-corrected chi connectivity index (χ3v) is 4.71. The molecule has 1 saturated heterocycles. The van der Waals surface area contributed by atoms with E-state index in [0.717, 1.165) is 49.7 Å². The Hall–Kier alpha value is -2.40. The largest absolute Gasteiger partial charge is 0.494 e. The van der Waals surface area contributed by atoms with Crippen molar-refractivity contribution < 1.29 is 13.9 Å². The van der Waals surface area contributed by atoms with Crippen molar-refractivity contribution in [3.05, 3.63) is 59.9 Å². The Morgan fingerprint density at radius 2 is 1.65 bits per heavy atom. The van der Waals surface area contributed by atoms with Crippen LogP contribution in [0.5, 0.6) is 5.75 Å². The van der Waals surface area contributed by atoms with Gasteiger partial charge in [-0.25, -0.2) is 4.39 Å². The summed E-state index contributed by atoms with van der Waals surface area (Å²) < 4.78 is 18.4. The molecule has 0 amide bonds. The summed E-state index contributed by atoms with van der Waals surface area (Å²) in [6, 6.07) is 14.0. The molecule has 3 rings (SSSR count). The average molecular weight is 356 g/mol. The molecule has 0 bridgehead atoms. The van der Waals surface area contributed by atoms with Gasteiger partial charge in [0.2, 0.25) is 0 Å². The third kappa shape index (κ3) is 4.82. The van der Waals surface area contributed by atoms with Crippen molar-refractivity contribution in [3.63, 3.8) is 0 Å². The Morgan fingerprint density at radius 3 is 2.27 bits per heavy atom. The molecular weight excluding hydrogens is 331 g/mol. The van der Waals surface area contributed by atoms with Gasteiger partial charge in [0, 0.05) is 50.4 Å². The van der Waals surface area contributed by atoms with Gasteiger partial charge in [-0.2, -0.15) is 0 Å². The SMILES string of the molecule is CCOc1ccc(C(=O)CCN2CCN(c3ccc(F)cc3)CC2)cc1. The Balaban J connectivity index is 1.44. The van der Waals surface area contributed by atoms with Crippen LogP contribution in [0.3, 0.4) is 0 Å². The molecule has 0 unspecified atom stereocenters. The van der Waals surface area contributed by atoms with E-state index in [1.165, 1.54) is 12.1 Å². The van der Waals surface area contributed by atoms with Crippen LogP contribution in [0.1, 0.15) is 23.7 Å². The molecule has 26 heavy (non-hydrogen) atoms. The van der Waals surface area contributed by atoms with Gasteiger partial charge in [0.1, 0.15) is 11.6 Å². The topological polar surface area (TPSA) is 32.8 Å². The van der Waals surface area contributed by atoms with Gasteiger partial charge in [0.05, 0.1) is 6.61 Å². The molecule has 0 saturated carbocycles. The third-order valence-electron chi connectivity index (χ3n) is 4.71. The van der Waals surface area contributed by atoms with Gasteiger partial charge in [0.15, 0.2) is 5.78 Å². The monoisotopic (exact) mass is 356 g/mol. The molecule has 0 atom stereocenters. The predicted octanol–water partition coefficient (Wildman–Crippen LogP) is 3.62. The number of carbonyl (C=O) groups excluding carboxylic acids is 1. The maximum Gasteiger partial charge on any atom is 0.164 e. The normalized spacial score (nSPS) is 15.1. The van der Waals surface area contributed by atoms with Crippen molar-refractivity contribution in [1.29, 1.82) is 0 Å². The highest BCUT2D eigenvalue weighted by Crippen LogP contribution is 2.18. The van der Waals surface area contributed by atoms with Gasteiger partial charge in [-0.1, -0.05) is 0 Å². The zero-order valence-electron chi connectivity index (χ0n) is 15.2. The molecule has 0 N–H and O–H groups in total. The van der Waals surface area contributed by atoms with E-state index in [4.69, 9.17) is 4.74 Å². The van der Waals surface area contributed by atoms with Crippen LogP contribution in [0.15, 0.2) is 48.5 Å². The minimum atomic E-state index is -0.208. The van der Waals surface area contributed by atoms with Crippen molar-refractivity contribution >= 4 is 11.5 Å². The van der Waals surface area contributed by atoms with Crippen LogP contribution in [0, 0.1) is 5.82 Å². The maximum atomic E-state index is 13.0. The van der Waals surface area contributed by atoms with Gasteiger partial charge in [-0.3, -0.25) is 9.69 Å². The maximum absolute atomic E-state index is 13.0. The van der Waals surface area contributed by atoms with Crippen molar-refractivity contribution in [3.8, 4) is 5.75 Å². The minimum absolute atomic E-state index is 0.161. The van der Waals surface area contributed by atoms with E-state index < -0.39 is 0 Å². The first-order valence-electron chi connectivity index (χ1n) is 9.14. The van der Waals surface area contributed by atoms with Crippen LogP contribution >= 0.6 is 0 Å². The van der Waals surface area contributed by atoms with Crippen LogP contribution < -0.4 is 9.64 Å². The Labute approximate surface area is 154 Å². The molecule has 1 fully saturated rings. The fraction of sp³-hybridized carbons (Fsp3) is 0.381. The number of carbonyl (C=O) groups is 1. The molecule has 0 aromatic heterocycles. The van der Waals surface area contributed by atoms with Crippen LogP contribution in [-0.2, 0) is 0 Å². The fourth-order valence-corrected chi connectivity index (χ4v) is 3.19. The molecular formula is C21H25FN2O2. The zero-order chi connectivity index (χ0) is 18.4. The van der Waals surface area contributed by atoms with Gasteiger partial charge in [-0.05, 0) is 55.5 Å². The van der Waals surface area contributed by atoms with Crippen LogP contribution in [-0.4, -0.2) is 50.0 Å². The van der Waals surface area contributed by atoms with Gasteiger partial charge in [-0.15, -0.1) is 0 Å². The summed E-state index contributed by atoms with van der Waals surface area (Å²) in [6.45, 7) is 6.93. The van der Waals surface area contributed by atoms with Crippen LogP contribution in [0.4, 0.5) is 10.1 Å². The van der Waals surface area contributed by atoms with E-state index in [0.29, 0.717) is 13.0 Å². The number of ketones is 1. The summed E-state index contributed by atoms with van der Waals surface area (Å²) in [5.41, 5.74) is 1.79. The Morgan fingerprint density at radius 1 is 1.00 bits per heavy atom. The minimum Gasteiger partial charge on any atom is -0.494 e. The van der Waals surface area contributed by atoms with E-state index in [1.807, 2.05) is 43.3 Å². The first-order valence-corrected chi connectivity index (χ1v) is 9.14. The van der Waals surface area contributed by atoms with Gasteiger partial charge >= 0.3 is 0 Å². The van der Waals surface area contributed by atoms with Crippen molar-refractivity contribution in [2.75, 3.05) is 44.2 Å². The lowest BCUT2D eigenvalue weighted by Gasteiger charge is -2.36. The molecule has 0 spiro atoms. The summed E-state index contributed by atoms with van der Waals surface area (Å²) in [4.78, 5) is 16.9. The molecule has 1 aliphatic heterocycles. The molecule has 0 aliphatic carbocycles. The summed E-state index contributed by atoms with van der Waals surface area (Å²) in [5, 5.41) is 0. The Bertz CT molecular complexity index is 708. The molecule has 138 valence electrons. The van der Waals surface area contributed by atoms with E-state index in [1.54, 1.807) is 0 Å². The highest BCUT2D eigenvalue weighted by atomic mass is 19.1. The zero-order valence-corrected chi connectivity index (χ0v) is 15.2. The lowest BCUT2D eigenvalue weighted by atomic mass is 10.1. The van der Waals surface area contributed by atoms with Gasteiger partial charge in [0.25, 0.3) is 0 Å². The first kappa shape index (κ1) is 18.4. The van der Waals surface area contributed by atoms with Crippen molar-refractivity contribution in [2.45, 2.75) is 13.3 Å². The number of hydrogen-bond donors (Lipinski definition) is 0. The number of rotatable bonds is 7. The lowest BCUT2D eigenvalue weighted by Crippen LogP contribution is -2.46. The standard InChI is InChI=1S/C21H25FN2O2/c1-2-26-20-9-3-17(4-10-20)21(25)11-12-23-13-15-24(16-14-23)19-7-5-18(22)6-8-19/h3-10H,2,11-16H2,1H3. The van der Waals surface area contributed by atoms with E-state index in [9.17, 15) is 9.18 Å². The number of hydrogen-bond acceptors (Lipinski definition) is 4. The molecule has 0 radical (unpaired) electrons. The molecule has 2 aromatic carbocycles. The summed E-state index contributed by atoms with van der Waals surface area (Å²) in [6.07, 6.45) is 0.518. The lowest BCUT2D eigenvalue weighted by molar-refractivity contribution is 0.0962. The van der Waals surface area contributed by atoms with E-state index >= 15 is 0 Å². The number of ether oxygens (including phenoxy) is 1. The quantitative estimate of drug-likeness (QED) is 0.710. The Kier molecular flexibility index (Phi) is 6.23. The number of piperazine rings is 1. The van der Waals surface area contributed by atoms with Crippen molar-refractivity contribution in [1.82, 2.24) is 4.90 Å². The summed E-state index contributed by atoms with van der Waals surface area (Å²) >= 11 is 0. The highest BCUT2D eigenvalue weighted by molar-refractivity contribution is 5.96. The number of benzene rings is 2. The van der Waals surface area contributed by atoms with Crippen molar-refractivity contribution in [2.24, 2.45) is 0 Å². The highest BCUT2D eigenvalue weighted by Gasteiger charge is 2.18. The number of halogens is 1. The molecule has 2 aromatic rings. The predicted molar refractivity (Wildman–Crippen MR) is 102 cm³/mol. The van der Waals surface area contributed by atoms with Gasteiger partial charge < -0.3 is 9.64 Å². The molecule has 1 aliphatic rings. The number of anilines is 1. The summed E-state index contributed by atoms with van der Waals surface area (Å²) in [5.74, 6) is 0.746. The first-order chi connectivity index (χ1) is 12.7. The average Bonchev–Trinajstić information content (AvgIpc) is 2.68. The van der Waals surface area contributed by atoms with Crippen LogP contribution in [0.25, 0.3) is 0 Å². The van der Waals surface area contributed by atoms with E-state index in [2.05, 4.69) is 9.80 Å². The van der Waals surface area contributed by atoms with E-state index in [-0.39, 0.29) is 11.6 Å². The second kappa shape index (κ2) is 8.81. The second-order valence-corrected chi connectivity index (χ2v) is 6.44. The molecule has 4 nitrogen and oxygen atoms in total. The van der Waals surface area contributed by atoms with Crippen LogP contribution in [0.2, 0.25) is 0 Å².